The second-order valence-electron chi connectivity index (χ2n) is 4.46. The van der Waals surface area contributed by atoms with Gasteiger partial charge in [-0.3, -0.25) is 9.36 Å². The minimum Gasteiger partial charge on any atom is -0.459 e. The van der Waals surface area contributed by atoms with Gasteiger partial charge >= 0.3 is 11.6 Å². The fourth-order valence-electron chi connectivity index (χ4n) is 2.22. The molecule has 0 atom stereocenters. The van der Waals surface area contributed by atoms with Crippen LogP contribution in [0.3, 0.4) is 0 Å². The molecule has 2 heterocycles. The van der Waals surface area contributed by atoms with E-state index in [9.17, 15) is 9.59 Å². The highest BCUT2D eigenvalue weighted by molar-refractivity contribution is 5.99. The van der Waals surface area contributed by atoms with E-state index in [4.69, 9.17) is 4.42 Å². The Labute approximate surface area is 114 Å². The second-order valence-corrected chi connectivity index (χ2v) is 4.46. The summed E-state index contributed by atoms with van der Waals surface area (Å²) in [5, 5.41) is 0. The van der Waals surface area contributed by atoms with E-state index in [2.05, 4.69) is 6.58 Å². The van der Waals surface area contributed by atoms with Gasteiger partial charge in [0.1, 0.15) is 0 Å². The zero-order chi connectivity index (χ0) is 14.3. The lowest BCUT2D eigenvalue weighted by atomic mass is 10.3. The van der Waals surface area contributed by atoms with Gasteiger partial charge in [0.25, 0.3) is 0 Å². The highest BCUT2D eigenvalue weighted by Crippen LogP contribution is 2.17. The fraction of sp³-hybridized carbons (Fsp3) is 0.0667. The molecule has 0 N–H and O–H groups in total. The van der Waals surface area contributed by atoms with Gasteiger partial charge in [-0.05, 0) is 31.2 Å². The quantitative estimate of drug-likeness (QED) is 0.717. The summed E-state index contributed by atoms with van der Waals surface area (Å²) in [4.78, 5) is 24.9. The Balaban J connectivity index is 2.37. The Kier molecular flexibility index (Phi) is 2.68. The van der Waals surface area contributed by atoms with E-state index in [0.29, 0.717) is 16.7 Å². The molecule has 0 saturated carbocycles. The summed E-state index contributed by atoms with van der Waals surface area (Å²) in [6, 6.07) is 10.2. The van der Waals surface area contributed by atoms with Gasteiger partial charge in [0.15, 0.2) is 5.76 Å². The van der Waals surface area contributed by atoms with Crippen molar-refractivity contribution >= 4 is 22.6 Å². The van der Waals surface area contributed by atoms with Crippen LogP contribution in [0.25, 0.3) is 16.7 Å². The van der Waals surface area contributed by atoms with E-state index in [1.165, 1.54) is 16.9 Å². The molecule has 3 rings (SSSR count). The molecule has 5 nitrogen and oxygen atoms in total. The molecule has 0 fully saturated rings. The van der Waals surface area contributed by atoms with Crippen molar-refractivity contribution in [1.29, 1.82) is 0 Å². The molecule has 1 aromatic carbocycles. The average molecular weight is 268 g/mol. The maximum absolute atomic E-state index is 12.5. The minimum atomic E-state index is -0.490. The number of carbonyl (C=O) groups is 1. The molecule has 0 unspecified atom stereocenters. The highest BCUT2D eigenvalue weighted by atomic mass is 16.3. The van der Waals surface area contributed by atoms with Gasteiger partial charge in [0.05, 0.1) is 17.3 Å². The molecule has 0 aliphatic rings. The normalized spacial score (nSPS) is 10.8. The molecule has 0 spiro atoms. The van der Waals surface area contributed by atoms with Crippen LogP contribution in [0.1, 0.15) is 17.5 Å². The summed E-state index contributed by atoms with van der Waals surface area (Å²) < 4.78 is 7.60. The highest BCUT2D eigenvalue weighted by Gasteiger charge is 2.21. The number of fused-ring (bicyclic) bond motifs is 1. The SMILES string of the molecule is C=C(C)n1c(=O)n(C(=O)c2ccco2)c2ccccc21. The third kappa shape index (κ3) is 1.64. The van der Waals surface area contributed by atoms with E-state index < -0.39 is 11.6 Å². The van der Waals surface area contributed by atoms with Gasteiger partial charge in [-0.15, -0.1) is 0 Å². The van der Waals surface area contributed by atoms with Crippen molar-refractivity contribution in [2.45, 2.75) is 6.92 Å². The Morgan fingerprint density at radius 2 is 1.75 bits per heavy atom. The molecule has 0 bridgehead atoms. The first-order valence-electron chi connectivity index (χ1n) is 6.08. The smallest absolute Gasteiger partial charge is 0.340 e. The van der Waals surface area contributed by atoms with E-state index >= 15 is 0 Å². The number of nitrogens with zero attached hydrogens (tertiary/aromatic N) is 2. The molecule has 0 radical (unpaired) electrons. The number of rotatable bonds is 2. The summed E-state index contributed by atoms with van der Waals surface area (Å²) >= 11 is 0. The monoisotopic (exact) mass is 268 g/mol. The zero-order valence-corrected chi connectivity index (χ0v) is 10.9. The molecule has 5 heteroatoms. The summed E-state index contributed by atoms with van der Waals surface area (Å²) in [6.45, 7) is 5.50. The number of aromatic nitrogens is 2. The molecule has 3 aromatic rings. The number of hydrogen-bond donors (Lipinski definition) is 0. The predicted molar refractivity (Wildman–Crippen MR) is 75.6 cm³/mol. The molecule has 20 heavy (non-hydrogen) atoms. The number of furan rings is 1. The maximum Gasteiger partial charge on any atom is 0.340 e. The topological polar surface area (TPSA) is 57.1 Å². The van der Waals surface area contributed by atoms with Gasteiger partial charge in [-0.2, -0.15) is 0 Å². The molecule has 0 amide bonds. The van der Waals surface area contributed by atoms with Gasteiger partial charge in [0.2, 0.25) is 0 Å². The molecule has 2 aromatic heterocycles. The largest absolute Gasteiger partial charge is 0.459 e. The summed E-state index contributed by atoms with van der Waals surface area (Å²) in [6.07, 6.45) is 1.40. The first kappa shape index (κ1) is 12.2. The second kappa shape index (κ2) is 4.38. The van der Waals surface area contributed by atoms with Crippen molar-refractivity contribution in [3.63, 3.8) is 0 Å². The number of carbonyl (C=O) groups excluding carboxylic acids is 1. The number of allylic oxidation sites excluding steroid dienone is 1. The lowest BCUT2D eigenvalue weighted by Crippen LogP contribution is -2.28. The van der Waals surface area contributed by atoms with E-state index in [1.807, 2.05) is 6.07 Å². The molecule has 0 aliphatic heterocycles. The first-order valence-corrected chi connectivity index (χ1v) is 6.08. The predicted octanol–water partition coefficient (Wildman–Crippen LogP) is 2.58. The summed E-state index contributed by atoms with van der Waals surface area (Å²) in [5.41, 5.74) is 1.28. The van der Waals surface area contributed by atoms with Crippen molar-refractivity contribution in [2.75, 3.05) is 0 Å². The molecule has 100 valence electrons. The summed E-state index contributed by atoms with van der Waals surface area (Å²) in [7, 11) is 0. The molecular formula is C15H12N2O3. The lowest BCUT2D eigenvalue weighted by molar-refractivity contribution is 0.0933. The van der Waals surface area contributed by atoms with Crippen LogP contribution >= 0.6 is 0 Å². The van der Waals surface area contributed by atoms with Crippen LogP contribution in [0, 0.1) is 0 Å². The Hall–Kier alpha value is -2.82. The third-order valence-electron chi connectivity index (χ3n) is 3.06. The number of imidazole rings is 1. The van der Waals surface area contributed by atoms with Crippen LogP contribution in [-0.4, -0.2) is 15.0 Å². The number of para-hydroxylation sites is 2. The summed E-state index contributed by atoms with van der Waals surface area (Å²) in [5.74, 6) is -0.368. The van der Waals surface area contributed by atoms with Crippen LogP contribution < -0.4 is 5.69 Å². The fourth-order valence-corrected chi connectivity index (χ4v) is 2.22. The van der Waals surface area contributed by atoms with E-state index in [-0.39, 0.29) is 5.76 Å². The first-order chi connectivity index (χ1) is 9.61. The van der Waals surface area contributed by atoms with E-state index in [0.717, 1.165) is 4.57 Å². The maximum atomic E-state index is 12.5. The van der Waals surface area contributed by atoms with Crippen molar-refractivity contribution in [2.24, 2.45) is 0 Å². The molecule has 0 saturated heterocycles. The minimum absolute atomic E-state index is 0.122. The van der Waals surface area contributed by atoms with Crippen LogP contribution in [0.15, 0.2) is 58.5 Å². The molecule has 0 aliphatic carbocycles. The van der Waals surface area contributed by atoms with Crippen LogP contribution in [0.5, 0.6) is 0 Å². The Bertz CT molecular complexity index is 866. The standard InChI is InChI=1S/C15H12N2O3/c1-10(2)16-11-6-3-4-7-12(11)17(15(16)19)14(18)13-8-5-9-20-13/h3-9H,1H2,2H3. The van der Waals surface area contributed by atoms with Crippen molar-refractivity contribution in [1.82, 2.24) is 9.13 Å². The third-order valence-corrected chi connectivity index (χ3v) is 3.06. The van der Waals surface area contributed by atoms with Crippen molar-refractivity contribution in [3.8, 4) is 0 Å². The van der Waals surface area contributed by atoms with Crippen LogP contribution in [0.2, 0.25) is 0 Å². The lowest BCUT2D eigenvalue weighted by Gasteiger charge is -1.99. The van der Waals surface area contributed by atoms with E-state index in [1.54, 1.807) is 31.2 Å². The number of benzene rings is 1. The van der Waals surface area contributed by atoms with Gasteiger partial charge < -0.3 is 4.42 Å². The van der Waals surface area contributed by atoms with Crippen LogP contribution in [0.4, 0.5) is 0 Å². The number of hydrogen-bond acceptors (Lipinski definition) is 3. The van der Waals surface area contributed by atoms with Crippen molar-refractivity contribution < 1.29 is 9.21 Å². The zero-order valence-electron chi connectivity index (χ0n) is 10.9. The Morgan fingerprint density at radius 1 is 1.10 bits per heavy atom. The van der Waals surface area contributed by atoms with Gasteiger partial charge in [-0.25, -0.2) is 9.36 Å². The van der Waals surface area contributed by atoms with Crippen molar-refractivity contribution in [3.05, 3.63) is 65.5 Å². The van der Waals surface area contributed by atoms with Gasteiger partial charge in [0, 0.05) is 5.70 Å². The average Bonchev–Trinajstić information content (AvgIpc) is 3.02. The molecular weight excluding hydrogens is 256 g/mol. The Morgan fingerprint density at radius 3 is 2.30 bits per heavy atom. The van der Waals surface area contributed by atoms with Gasteiger partial charge in [-0.1, -0.05) is 18.7 Å². The van der Waals surface area contributed by atoms with Crippen LogP contribution in [-0.2, 0) is 0 Å².